The fourth-order valence-electron chi connectivity index (χ4n) is 2.57. The van der Waals surface area contributed by atoms with E-state index in [2.05, 4.69) is 15.7 Å². The number of hydrogen-bond acceptors (Lipinski definition) is 4. The van der Waals surface area contributed by atoms with E-state index in [1.54, 1.807) is 4.68 Å². The molecule has 0 unspecified atom stereocenters. The maximum absolute atomic E-state index is 11.6. The molecule has 0 atom stereocenters. The van der Waals surface area contributed by atoms with Crippen molar-refractivity contribution in [2.75, 3.05) is 18.5 Å². The molecule has 0 saturated heterocycles. The van der Waals surface area contributed by atoms with Gasteiger partial charge in [0.25, 0.3) is 0 Å². The minimum absolute atomic E-state index is 0.0573. The van der Waals surface area contributed by atoms with Crippen molar-refractivity contribution >= 4 is 17.6 Å². The Morgan fingerprint density at radius 3 is 2.75 bits per heavy atom. The van der Waals surface area contributed by atoms with Crippen LogP contribution in [0.4, 0.5) is 5.82 Å². The maximum atomic E-state index is 11.6. The van der Waals surface area contributed by atoms with Gasteiger partial charge in [-0.25, -0.2) is 0 Å². The molecule has 1 aromatic rings. The summed E-state index contributed by atoms with van der Waals surface area (Å²) in [5.74, 6) is -0.665. The van der Waals surface area contributed by atoms with Crippen LogP contribution in [-0.2, 0) is 16.6 Å². The number of carbonyl (C=O) groups is 2. The summed E-state index contributed by atoms with van der Waals surface area (Å²) >= 11 is 0. The number of amides is 2. The Hall–Kier alpha value is -1.89. The average Bonchev–Trinajstić information content (AvgIpc) is 3.05. The lowest BCUT2D eigenvalue weighted by Gasteiger charge is -2.07. The van der Waals surface area contributed by atoms with E-state index in [0.29, 0.717) is 11.7 Å². The van der Waals surface area contributed by atoms with E-state index >= 15 is 0 Å². The molecule has 2 rings (SSSR count). The highest BCUT2D eigenvalue weighted by atomic mass is 16.3. The normalized spacial score (nSPS) is 15.3. The molecule has 1 aliphatic carbocycles. The fourth-order valence-corrected chi connectivity index (χ4v) is 2.57. The number of rotatable bonds is 4. The predicted octanol–water partition coefficient (Wildman–Crippen LogP) is 0.125. The van der Waals surface area contributed by atoms with Crippen LogP contribution in [0.2, 0.25) is 0 Å². The number of carbonyl (C=O) groups excluding carboxylic acids is 2. The number of hydrogen-bond donors (Lipinski definition) is 3. The first kappa shape index (κ1) is 14.5. The molecule has 7 nitrogen and oxygen atoms in total. The van der Waals surface area contributed by atoms with Crippen LogP contribution >= 0.6 is 0 Å². The molecule has 2 amide bonds. The van der Waals surface area contributed by atoms with Gasteiger partial charge in [-0.15, -0.1) is 0 Å². The van der Waals surface area contributed by atoms with E-state index in [-0.39, 0.29) is 13.2 Å². The molecule has 0 aliphatic heterocycles. The number of aliphatic hydroxyl groups excluding tert-OH is 1. The van der Waals surface area contributed by atoms with E-state index < -0.39 is 11.8 Å². The van der Waals surface area contributed by atoms with Gasteiger partial charge >= 0.3 is 11.8 Å². The summed E-state index contributed by atoms with van der Waals surface area (Å²) in [6.45, 7) is -0.143. The van der Waals surface area contributed by atoms with Gasteiger partial charge in [0.2, 0.25) is 0 Å². The topological polar surface area (TPSA) is 96.2 Å². The number of aryl methyl sites for hydroxylation is 1. The Morgan fingerprint density at radius 2 is 2.10 bits per heavy atom. The van der Waals surface area contributed by atoms with Gasteiger partial charge in [-0.05, 0) is 12.8 Å². The van der Waals surface area contributed by atoms with Crippen molar-refractivity contribution < 1.29 is 14.7 Å². The number of nitrogens with one attached hydrogen (secondary N) is 2. The van der Waals surface area contributed by atoms with Crippen molar-refractivity contribution in [3.05, 3.63) is 11.8 Å². The number of aliphatic hydroxyl groups is 1. The van der Waals surface area contributed by atoms with E-state index in [4.69, 9.17) is 5.11 Å². The monoisotopic (exact) mass is 280 g/mol. The number of anilines is 1. The van der Waals surface area contributed by atoms with Crippen LogP contribution in [0.3, 0.4) is 0 Å². The Labute approximate surface area is 117 Å². The Kier molecular flexibility index (Phi) is 4.73. The third kappa shape index (κ3) is 3.36. The molecule has 1 fully saturated rings. The van der Waals surface area contributed by atoms with Crippen LogP contribution in [0.1, 0.15) is 37.3 Å². The van der Waals surface area contributed by atoms with E-state index in [9.17, 15) is 9.59 Å². The molecule has 3 N–H and O–H groups in total. The van der Waals surface area contributed by atoms with Crippen LogP contribution in [0.25, 0.3) is 0 Å². The van der Waals surface area contributed by atoms with Crippen LogP contribution in [0.5, 0.6) is 0 Å². The minimum Gasteiger partial charge on any atom is -0.395 e. The Bertz CT molecular complexity index is 492. The van der Waals surface area contributed by atoms with Gasteiger partial charge in [0, 0.05) is 31.3 Å². The zero-order valence-electron chi connectivity index (χ0n) is 11.6. The molecule has 7 heteroatoms. The second kappa shape index (κ2) is 6.51. The molecule has 20 heavy (non-hydrogen) atoms. The predicted molar refractivity (Wildman–Crippen MR) is 73.1 cm³/mol. The minimum atomic E-state index is -0.771. The Morgan fingerprint density at radius 1 is 1.40 bits per heavy atom. The molecular formula is C13H20N4O3. The van der Waals surface area contributed by atoms with Gasteiger partial charge in [0.05, 0.1) is 6.61 Å². The SMILES string of the molecule is Cn1nc(NC(=O)C(=O)NCCO)cc1C1CCCC1. The van der Waals surface area contributed by atoms with Crippen molar-refractivity contribution in [1.29, 1.82) is 0 Å². The summed E-state index contributed by atoms with van der Waals surface area (Å²) in [4.78, 5) is 23.0. The molecule has 0 bridgehead atoms. The molecule has 1 saturated carbocycles. The van der Waals surface area contributed by atoms with Gasteiger partial charge in [0.15, 0.2) is 5.82 Å². The van der Waals surface area contributed by atoms with Crippen molar-refractivity contribution in [2.24, 2.45) is 7.05 Å². The van der Waals surface area contributed by atoms with Gasteiger partial charge in [-0.3, -0.25) is 14.3 Å². The van der Waals surface area contributed by atoms with Crippen molar-refractivity contribution in [3.8, 4) is 0 Å². The van der Waals surface area contributed by atoms with Gasteiger partial charge in [-0.1, -0.05) is 12.8 Å². The number of aromatic nitrogens is 2. The second-order valence-electron chi connectivity index (χ2n) is 4.99. The number of nitrogens with zero attached hydrogens (tertiary/aromatic N) is 2. The summed E-state index contributed by atoms with van der Waals surface area (Å²) in [5, 5.41) is 17.6. The van der Waals surface area contributed by atoms with Crippen LogP contribution in [-0.4, -0.2) is 39.9 Å². The van der Waals surface area contributed by atoms with E-state index in [0.717, 1.165) is 18.5 Å². The highest BCUT2D eigenvalue weighted by Gasteiger charge is 2.22. The zero-order valence-corrected chi connectivity index (χ0v) is 11.6. The molecule has 110 valence electrons. The average molecular weight is 280 g/mol. The van der Waals surface area contributed by atoms with Crippen molar-refractivity contribution in [2.45, 2.75) is 31.6 Å². The highest BCUT2D eigenvalue weighted by molar-refractivity contribution is 6.39. The molecule has 1 aromatic heterocycles. The van der Waals surface area contributed by atoms with Crippen molar-refractivity contribution in [1.82, 2.24) is 15.1 Å². The summed E-state index contributed by atoms with van der Waals surface area (Å²) in [6.07, 6.45) is 4.73. The molecule has 0 radical (unpaired) electrons. The molecule has 0 spiro atoms. The first-order chi connectivity index (χ1) is 9.61. The summed E-state index contributed by atoms with van der Waals surface area (Å²) in [5.41, 5.74) is 1.09. The summed E-state index contributed by atoms with van der Waals surface area (Å²) in [7, 11) is 1.84. The lowest BCUT2D eigenvalue weighted by atomic mass is 10.0. The largest absolute Gasteiger partial charge is 0.395 e. The standard InChI is InChI=1S/C13H20N4O3/c1-17-10(9-4-2-3-5-9)8-11(16-17)15-13(20)12(19)14-6-7-18/h8-9,18H,2-7H2,1H3,(H,14,19)(H,15,16,20). The van der Waals surface area contributed by atoms with Crippen LogP contribution < -0.4 is 10.6 Å². The van der Waals surface area contributed by atoms with Crippen LogP contribution in [0, 0.1) is 0 Å². The second-order valence-corrected chi connectivity index (χ2v) is 4.99. The van der Waals surface area contributed by atoms with Crippen molar-refractivity contribution in [3.63, 3.8) is 0 Å². The molecule has 0 aromatic carbocycles. The lowest BCUT2D eigenvalue weighted by molar-refractivity contribution is -0.136. The van der Waals surface area contributed by atoms with Gasteiger partial charge < -0.3 is 15.7 Å². The summed E-state index contributed by atoms with van der Waals surface area (Å²) < 4.78 is 1.76. The third-order valence-electron chi connectivity index (χ3n) is 3.53. The van der Waals surface area contributed by atoms with Crippen LogP contribution in [0.15, 0.2) is 6.07 Å². The molecule has 1 heterocycles. The van der Waals surface area contributed by atoms with Gasteiger partial charge in [0.1, 0.15) is 0 Å². The first-order valence-electron chi connectivity index (χ1n) is 6.85. The highest BCUT2D eigenvalue weighted by Crippen LogP contribution is 2.34. The smallest absolute Gasteiger partial charge is 0.314 e. The molecular weight excluding hydrogens is 260 g/mol. The zero-order chi connectivity index (χ0) is 14.5. The summed E-state index contributed by atoms with van der Waals surface area (Å²) in [6, 6.07) is 1.83. The fraction of sp³-hybridized carbons (Fsp3) is 0.615. The quantitative estimate of drug-likeness (QED) is 0.683. The van der Waals surface area contributed by atoms with E-state index in [1.807, 2.05) is 13.1 Å². The maximum Gasteiger partial charge on any atom is 0.314 e. The molecule has 1 aliphatic rings. The van der Waals surface area contributed by atoms with Gasteiger partial charge in [-0.2, -0.15) is 5.10 Å². The third-order valence-corrected chi connectivity index (χ3v) is 3.53. The Balaban J connectivity index is 1.97. The van der Waals surface area contributed by atoms with E-state index in [1.165, 1.54) is 12.8 Å². The first-order valence-corrected chi connectivity index (χ1v) is 6.85. The lowest BCUT2D eigenvalue weighted by Crippen LogP contribution is -2.36.